The van der Waals surface area contributed by atoms with E-state index in [0.29, 0.717) is 0 Å². The summed E-state index contributed by atoms with van der Waals surface area (Å²) in [7, 11) is 0. The molecular weight excluding hydrogens is 168 g/mol. The Morgan fingerprint density at radius 3 is 2.54 bits per heavy atom. The van der Waals surface area contributed by atoms with Crippen LogP contribution in [0.4, 0.5) is 0 Å². The Morgan fingerprint density at radius 2 is 2.15 bits per heavy atom. The van der Waals surface area contributed by atoms with Crippen LogP contribution in [0.3, 0.4) is 0 Å². The molecule has 0 aromatic rings. The van der Waals surface area contributed by atoms with Gasteiger partial charge in [0.2, 0.25) is 5.60 Å². The first-order valence-electron chi connectivity index (χ1n) is 4.27. The standard InChI is InChI=1S/C10H14O3/c1-9(2,3)4-5-10(12)6-7-13-8(10)11/h12H,6-7H2,1-3H3. The zero-order valence-electron chi connectivity index (χ0n) is 8.18. The van der Waals surface area contributed by atoms with Crippen molar-refractivity contribution < 1.29 is 14.6 Å². The lowest BCUT2D eigenvalue weighted by Crippen LogP contribution is -2.32. The molecule has 1 saturated heterocycles. The quantitative estimate of drug-likeness (QED) is 0.443. The Bertz CT molecular complexity index is 277. The van der Waals surface area contributed by atoms with Crippen LogP contribution in [-0.4, -0.2) is 23.3 Å². The Kier molecular flexibility index (Phi) is 2.36. The summed E-state index contributed by atoms with van der Waals surface area (Å²) >= 11 is 0. The predicted molar refractivity (Wildman–Crippen MR) is 47.8 cm³/mol. The van der Waals surface area contributed by atoms with Crippen molar-refractivity contribution in [2.24, 2.45) is 5.41 Å². The fraction of sp³-hybridized carbons (Fsp3) is 0.700. The van der Waals surface area contributed by atoms with Crippen molar-refractivity contribution in [3.8, 4) is 11.8 Å². The van der Waals surface area contributed by atoms with E-state index in [2.05, 4.69) is 16.6 Å². The minimum absolute atomic E-state index is 0.210. The van der Waals surface area contributed by atoms with Gasteiger partial charge in [-0.05, 0) is 20.8 Å². The highest BCUT2D eigenvalue weighted by atomic mass is 16.6. The topological polar surface area (TPSA) is 46.5 Å². The molecule has 1 atom stereocenters. The molecule has 3 heteroatoms. The Hall–Kier alpha value is -1.01. The third-order valence-corrected chi connectivity index (χ3v) is 1.68. The molecule has 1 aliphatic heterocycles. The number of hydrogen-bond donors (Lipinski definition) is 1. The molecule has 0 aliphatic carbocycles. The molecule has 0 spiro atoms. The van der Waals surface area contributed by atoms with Crippen LogP contribution in [0.2, 0.25) is 0 Å². The monoisotopic (exact) mass is 182 g/mol. The molecule has 1 unspecified atom stereocenters. The largest absolute Gasteiger partial charge is 0.463 e. The molecular formula is C10H14O3. The molecule has 13 heavy (non-hydrogen) atoms. The molecule has 0 aromatic heterocycles. The molecule has 0 amide bonds. The first-order valence-corrected chi connectivity index (χ1v) is 4.27. The summed E-state index contributed by atoms with van der Waals surface area (Å²) in [6.07, 6.45) is 0.273. The van der Waals surface area contributed by atoms with Crippen LogP contribution >= 0.6 is 0 Å². The van der Waals surface area contributed by atoms with Crippen molar-refractivity contribution in [1.82, 2.24) is 0 Å². The van der Waals surface area contributed by atoms with Gasteiger partial charge in [0, 0.05) is 11.8 Å². The molecule has 0 aromatic carbocycles. The van der Waals surface area contributed by atoms with E-state index in [4.69, 9.17) is 0 Å². The minimum atomic E-state index is -1.56. The number of carbonyl (C=O) groups excluding carboxylic acids is 1. The van der Waals surface area contributed by atoms with Crippen molar-refractivity contribution >= 4 is 5.97 Å². The van der Waals surface area contributed by atoms with Crippen LogP contribution in [-0.2, 0) is 9.53 Å². The number of aliphatic hydroxyl groups is 1. The summed E-state index contributed by atoms with van der Waals surface area (Å²) in [5, 5.41) is 9.67. The van der Waals surface area contributed by atoms with E-state index in [-0.39, 0.29) is 18.4 Å². The lowest BCUT2D eigenvalue weighted by molar-refractivity contribution is -0.148. The van der Waals surface area contributed by atoms with Crippen molar-refractivity contribution in [3.63, 3.8) is 0 Å². The van der Waals surface area contributed by atoms with Gasteiger partial charge in [-0.15, -0.1) is 0 Å². The molecule has 72 valence electrons. The molecule has 0 radical (unpaired) electrons. The molecule has 3 nitrogen and oxygen atoms in total. The van der Waals surface area contributed by atoms with Gasteiger partial charge in [-0.2, -0.15) is 0 Å². The molecule has 1 fully saturated rings. The van der Waals surface area contributed by atoms with Crippen molar-refractivity contribution in [2.45, 2.75) is 32.8 Å². The number of ether oxygens (including phenoxy) is 1. The van der Waals surface area contributed by atoms with E-state index in [1.807, 2.05) is 20.8 Å². The van der Waals surface area contributed by atoms with Gasteiger partial charge >= 0.3 is 5.97 Å². The van der Waals surface area contributed by atoms with Gasteiger partial charge in [-0.3, -0.25) is 0 Å². The van der Waals surface area contributed by atoms with E-state index >= 15 is 0 Å². The van der Waals surface area contributed by atoms with Gasteiger partial charge in [0.05, 0.1) is 6.61 Å². The maximum atomic E-state index is 11.0. The van der Waals surface area contributed by atoms with E-state index in [9.17, 15) is 9.90 Å². The second kappa shape index (κ2) is 3.04. The zero-order valence-corrected chi connectivity index (χ0v) is 8.18. The fourth-order valence-electron chi connectivity index (χ4n) is 0.917. The zero-order chi connectivity index (χ0) is 10.1. The lowest BCUT2D eigenvalue weighted by Gasteiger charge is -2.12. The Morgan fingerprint density at radius 1 is 1.54 bits per heavy atom. The number of cyclic esters (lactones) is 1. The van der Waals surface area contributed by atoms with Crippen LogP contribution in [0.25, 0.3) is 0 Å². The molecule has 0 bridgehead atoms. The van der Waals surface area contributed by atoms with Crippen molar-refractivity contribution in [2.75, 3.05) is 6.61 Å². The first-order chi connectivity index (χ1) is 5.83. The summed E-state index contributed by atoms with van der Waals surface area (Å²) < 4.78 is 4.64. The molecule has 1 aliphatic rings. The summed E-state index contributed by atoms with van der Waals surface area (Å²) in [6.45, 7) is 6.02. The van der Waals surface area contributed by atoms with Crippen LogP contribution in [0, 0.1) is 17.3 Å². The van der Waals surface area contributed by atoms with Gasteiger partial charge in [0.15, 0.2) is 0 Å². The summed E-state index contributed by atoms with van der Waals surface area (Å²) in [5.74, 6) is 4.79. The second-order valence-corrected chi connectivity index (χ2v) is 4.25. The van der Waals surface area contributed by atoms with Crippen LogP contribution < -0.4 is 0 Å². The SMILES string of the molecule is CC(C)(C)C#CC1(O)CCOC1=O. The maximum Gasteiger partial charge on any atom is 0.351 e. The van der Waals surface area contributed by atoms with Crippen molar-refractivity contribution in [3.05, 3.63) is 0 Å². The van der Waals surface area contributed by atoms with Gasteiger partial charge in [0.1, 0.15) is 0 Å². The van der Waals surface area contributed by atoms with Gasteiger partial charge in [0.25, 0.3) is 0 Å². The highest BCUT2D eigenvalue weighted by molar-refractivity contribution is 5.85. The maximum absolute atomic E-state index is 11.0. The molecule has 1 heterocycles. The summed E-state index contributed by atoms with van der Waals surface area (Å²) in [6, 6.07) is 0. The van der Waals surface area contributed by atoms with Crippen molar-refractivity contribution in [1.29, 1.82) is 0 Å². The number of rotatable bonds is 0. The van der Waals surface area contributed by atoms with Crippen LogP contribution in [0.1, 0.15) is 27.2 Å². The second-order valence-electron chi connectivity index (χ2n) is 4.25. The highest BCUT2D eigenvalue weighted by Gasteiger charge is 2.41. The predicted octanol–water partition coefficient (Wildman–Crippen LogP) is 0.714. The van der Waals surface area contributed by atoms with Gasteiger partial charge < -0.3 is 9.84 Å². The minimum Gasteiger partial charge on any atom is -0.463 e. The smallest absolute Gasteiger partial charge is 0.351 e. The lowest BCUT2D eigenvalue weighted by atomic mass is 9.94. The highest BCUT2D eigenvalue weighted by Crippen LogP contribution is 2.20. The van der Waals surface area contributed by atoms with Gasteiger partial charge in [-0.1, -0.05) is 11.8 Å². The first kappa shape index (κ1) is 10.1. The number of carbonyl (C=O) groups is 1. The fourth-order valence-corrected chi connectivity index (χ4v) is 0.917. The molecule has 1 N–H and O–H groups in total. The molecule has 1 rings (SSSR count). The van der Waals surface area contributed by atoms with Gasteiger partial charge in [-0.25, -0.2) is 4.79 Å². The average molecular weight is 182 g/mol. The van der Waals surface area contributed by atoms with E-state index in [0.717, 1.165) is 0 Å². The van der Waals surface area contributed by atoms with E-state index < -0.39 is 11.6 Å². The van der Waals surface area contributed by atoms with E-state index in [1.54, 1.807) is 0 Å². The third-order valence-electron chi connectivity index (χ3n) is 1.68. The Balaban J connectivity index is 2.81. The van der Waals surface area contributed by atoms with Crippen LogP contribution in [0.15, 0.2) is 0 Å². The van der Waals surface area contributed by atoms with E-state index in [1.165, 1.54) is 0 Å². The Labute approximate surface area is 78.1 Å². The van der Waals surface area contributed by atoms with Crippen LogP contribution in [0.5, 0.6) is 0 Å². The summed E-state index contributed by atoms with van der Waals surface area (Å²) in [4.78, 5) is 11.0. The normalized spacial score (nSPS) is 27.8. The number of esters is 1. The summed E-state index contributed by atoms with van der Waals surface area (Å²) in [5.41, 5.74) is -1.77. The third kappa shape index (κ3) is 2.46. The number of hydrogen-bond acceptors (Lipinski definition) is 3. The average Bonchev–Trinajstić information content (AvgIpc) is 2.29. The molecule has 0 saturated carbocycles.